The van der Waals surface area contributed by atoms with Gasteiger partial charge in [-0.15, -0.1) is 0 Å². The van der Waals surface area contributed by atoms with Crippen molar-refractivity contribution in [3.05, 3.63) is 42.2 Å². The van der Waals surface area contributed by atoms with E-state index in [1.807, 2.05) is 12.2 Å². The normalized spacial score (nSPS) is 30.1. The Hall–Kier alpha value is -2.17. The first-order valence-electron chi connectivity index (χ1n) is 7.04. The molecule has 0 radical (unpaired) electrons. The highest BCUT2D eigenvalue weighted by Crippen LogP contribution is 2.45. The first-order chi connectivity index (χ1) is 10.1. The summed E-state index contributed by atoms with van der Waals surface area (Å²) in [5.74, 6) is -3.43. The zero-order valence-electron chi connectivity index (χ0n) is 11.3. The minimum atomic E-state index is -0.956. The van der Waals surface area contributed by atoms with Gasteiger partial charge in [0, 0.05) is 0 Å². The molecule has 3 aliphatic carbocycles. The van der Waals surface area contributed by atoms with Crippen LogP contribution in [0.2, 0.25) is 0 Å². The van der Waals surface area contributed by atoms with E-state index in [4.69, 9.17) is 0 Å². The minimum absolute atomic E-state index is 0.0807. The smallest absolute Gasteiger partial charge is 0.307 e. The monoisotopic (exact) mass is 289 g/mol. The number of carboxylic acids is 1. The van der Waals surface area contributed by atoms with Gasteiger partial charge in [0.1, 0.15) is 5.82 Å². The summed E-state index contributed by atoms with van der Waals surface area (Å²) in [6.45, 7) is 0. The second-order valence-electron chi connectivity index (χ2n) is 5.65. The van der Waals surface area contributed by atoms with Gasteiger partial charge < -0.3 is 10.4 Å². The molecule has 1 amide bonds. The van der Waals surface area contributed by atoms with Gasteiger partial charge in [-0.2, -0.15) is 0 Å². The highest BCUT2D eigenvalue weighted by Gasteiger charge is 2.48. The predicted molar refractivity (Wildman–Crippen MR) is 75.0 cm³/mol. The van der Waals surface area contributed by atoms with E-state index < -0.39 is 29.5 Å². The van der Waals surface area contributed by atoms with Gasteiger partial charge in [-0.05, 0) is 36.8 Å². The van der Waals surface area contributed by atoms with Crippen LogP contribution in [0.4, 0.5) is 10.1 Å². The molecule has 4 rings (SSSR count). The van der Waals surface area contributed by atoms with Gasteiger partial charge >= 0.3 is 5.97 Å². The van der Waals surface area contributed by atoms with Crippen molar-refractivity contribution in [2.75, 3.05) is 5.32 Å². The van der Waals surface area contributed by atoms with E-state index in [-0.39, 0.29) is 17.5 Å². The molecule has 4 atom stereocenters. The lowest BCUT2D eigenvalue weighted by molar-refractivity contribution is -0.151. The fraction of sp³-hybridized carbons (Fsp3) is 0.375. The number of hydrogen-bond donors (Lipinski definition) is 2. The molecule has 1 fully saturated rings. The molecule has 110 valence electrons. The quantitative estimate of drug-likeness (QED) is 0.841. The van der Waals surface area contributed by atoms with Gasteiger partial charge in [-0.1, -0.05) is 24.3 Å². The Kier molecular flexibility index (Phi) is 3.49. The Morgan fingerprint density at radius 2 is 1.71 bits per heavy atom. The molecule has 1 aromatic carbocycles. The van der Waals surface area contributed by atoms with Crippen molar-refractivity contribution in [1.82, 2.24) is 0 Å². The van der Waals surface area contributed by atoms with E-state index in [2.05, 4.69) is 5.32 Å². The zero-order chi connectivity index (χ0) is 15.0. The van der Waals surface area contributed by atoms with Crippen LogP contribution in [-0.2, 0) is 9.59 Å². The fourth-order valence-electron chi connectivity index (χ4n) is 3.47. The van der Waals surface area contributed by atoms with Crippen LogP contribution in [0.1, 0.15) is 12.8 Å². The maximum Gasteiger partial charge on any atom is 0.307 e. The van der Waals surface area contributed by atoms with Crippen LogP contribution in [0.15, 0.2) is 36.4 Å². The third-order valence-electron chi connectivity index (χ3n) is 4.47. The van der Waals surface area contributed by atoms with Crippen molar-refractivity contribution in [3.8, 4) is 0 Å². The average molecular weight is 289 g/mol. The number of fused-ring (bicyclic) bond motifs is 2. The van der Waals surface area contributed by atoms with Crippen molar-refractivity contribution in [3.63, 3.8) is 0 Å². The third-order valence-corrected chi connectivity index (χ3v) is 4.47. The van der Waals surface area contributed by atoms with Crippen LogP contribution < -0.4 is 5.32 Å². The maximum absolute atomic E-state index is 13.6. The Balaban J connectivity index is 1.85. The number of nitrogens with one attached hydrogen (secondary N) is 1. The number of carbonyl (C=O) groups is 2. The summed E-state index contributed by atoms with van der Waals surface area (Å²) in [7, 11) is 0. The van der Waals surface area contributed by atoms with Gasteiger partial charge in [0.25, 0.3) is 0 Å². The first-order valence-corrected chi connectivity index (χ1v) is 7.04. The molecular formula is C16H16FNO3. The standard InChI is InChI=1S/C16H16FNO3/c17-11-3-1-2-4-12(11)18-15(19)13-9-5-7-10(8-6-9)14(13)16(20)21/h1-5,7,9-10,13-14H,6,8H2,(H,18,19)(H,20,21). The number of carbonyl (C=O) groups excluding carboxylic acids is 1. The summed E-state index contributed by atoms with van der Waals surface area (Å²) in [6.07, 6.45) is 5.43. The molecule has 0 heterocycles. The molecule has 5 heteroatoms. The predicted octanol–water partition coefficient (Wildman–Crippen LogP) is 2.68. The van der Waals surface area contributed by atoms with Crippen molar-refractivity contribution < 1.29 is 19.1 Å². The summed E-state index contributed by atoms with van der Waals surface area (Å²) in [4.78, 5) is 23.9. The van der Waals surface area contributed by atoms with Gasteiger partial charge in [0.15, 0.2) is 0 Å². The number of aliphatic carboxylic acids is 1. The number of allylic oxidation sites excluding steroid dienone is 2. The number of benzene rings is 1. The van der Waals surface area contributed by atoms with Gasteiger partial charge in [-0.25, -0.2) is 4.39 Å². The number of rotatable bonds is 3. The van der Waals surface area contributed by atoms with E-state index in [0.29, 0.717) is 0 Å². The van der Waals surface area contributed by atoms with Crippen molar-refractivity contribution >= 4 is 17.6 Å². The Morgan fingerprint density at radius 3 is 2.29 bits per heavy atom. The Morgan fingerprint density at radius 1 is 1.10 bits per heavy atom. The second kappa shape index (κ2) is 5.31. The summed E-state index contributed by atoms with van der Waals surface area (Å²) >= 11 is 0. The molecule has 2 N–H and O–H groups in total. The largest absolute Gasteiger partial charge is 0.481 e. The van der Waals surface area contributed by atoms with Crippen molar-refractivity contribution in [2.45, 2.75) is 12.8 Å². The van der Waals surface area contributed by atoms with Gasteiger partial charge in [-0.3, -0.25) is 9.59 Å². The maximum atomic E-state index is 13.6. The number of hydrogen-bond acceptors (Lipinski definition) is 2. The third kappa shape index (κ3) is 2.44. The topological polar surface area (TPSA) is 66.4 Å². The molecule has 21 heavy (non-hydrogen) atoms. The van der Waals surface area contributed by atoms with Crippen LogP contribution in [0.3, 0.4) is 0 Å². The molecule has 0 aromatic heterocycles. The van der Waals surface area contributed by atoms with E-state index in [9.17, 15) is 19.1 Å². The summed E-state index contributed by atoms with van der Waals surface area (Å²) in [5, 5.41) is 12.0. The minimum Gasteiger partial charge on any atom is -0.481 e. The lowest BCUT2D eigenvalue weighted by atomic mass is 9.62. The van der Waals surface area contributed by atoms with Crippen LogP contribution in [0.25, 0.3) is 0 Å². The second-order valence-corrected chi connectivity index (χ2v) is 5.65. The molecule has 3 aliphatic rings. The van der Waals surface area contributed by atoms with E-state index in [1.165, 1.54) is 18.2 Å². The number of para-hydroxylation sites is 1. The lowest BCUT2D eigenvalue weighted by Crippen LogP contribution is -2.47. The van der Waals surface area contributed by atoms with Crippen molar-refractivity contribution in [1.29, 1.82) is 0 Å². The van der Waals surface area contributed by atoms with Crippen LogP contribution in [-0.4, -0.2) is 17.0 Å². The molecule has 0 aliphatic heterocycles. The lowest BCUT2D eigenvalue weighted by Gasteiger charge is -2.41. The van der Waals surface area contributed by atoms with Crippen LogP contribution in [0, 0.1) is 29.5 Å². The number of anilines is 1. The van der Waals surface area contributed by atoms with E-state index in [1.54, 1.807) is 6.07 Å². The van der Waals surface area contributed by atoms with Crippen LogP contribution >= 0.6 is 0 Å². The van der Waals surface area contributed by atoms with Gasteiger partial charge in [0.05, 0.1) is 17.5 Å². The Labute approximate surface area is 121 Å². The summed E-state index contributed by atoms with van der Waals surface area (Å²) in [6, 6.07) is 5.90. The fourth-order valence-corrected chi connectivity index (χ4v) is 3.47. The molecule has 0 spiro atoms. The molecule has 1 saturated carbocycles. The van der Waals surface area contributed by atoms with Crippen molar-refractivity contribution in [2.24, 2.45) is 23.7 Å². The molecule has 4 nitrogen and oxygen atoms in total. The van der Waals surface area contributed by atoms with E-state index >= 15 is 0 Å². The molecule has 2 bridgehead atoms. The van der Waals surface area contributed by atoms with E-state index in [0.717, 1.165) is 12.8 Å². The molecule has 4 unspecified atom stereocenters. The number of halogens is 1. The number of amides is 1. The highest BCUT2D eigenvalue weighted by molar-refractivity contribution is 5.96. The average Bonchev–Trinajstić information content (AvgIpc) is 2.49. The van der Waals surface area contributed by atoms with Gasteiger partial charge in [0.2, 0.25) is 5.91 Å². The zero-order valence-corrected chi connectivity index (χ0v) is 11.3. The molecule has 1 aromatic rings. The summed E-state index contributed by atoms with van der Waals surface area (Å²) in [5.41, 5.74) is 0.0945. The van der Waals surface area contributed by atoms with Crippen LogP contribution in [0.5, 0.6) is 0 Å². The Bertz CT molecular complexity index is 613. The molecular weight excluding hydrogens is 273 g/mol. The summed E-state index contributed by atoms with van der Waals surface area (Å²) < 4.78 is 13.6. The SMILES string of the molecule is O=C(O)C1C2C=CC(CC2)C1C(=O)Nc1ccccc1F. The molecule has 0 saturated heterocycles. The highest BCUT2D eigenvalue weighted by atomic mass is 19.1. The number of carboxylic acid groups (broad SMARTS) is 1. The first kappa shape index (κ1) is 13.8.